The van der Waals surface area contributed by atoms with Crippen molar-refractivity contribution in [2.75, 3.05) is 0 Å². The zero-order valence-corrected chi connectivity index (χ0v) is 13.8. The molecular formula is C21H14N4O. The normalized spacial score (nSPS) is 11.1. The molecule has 5 heteroatoms. The van der Waals surface area contributed by atoms with Crippen molar-refractivity contribution in [1.82, 2.24) is 20.2 Å². The Bertz CT molecular complexity index is 1160. The second-order valence-corrected chi connectivity index (χ2v) is 5.95. The summed E-state index contributed by atoms with van der Waals surface area (Å²) in [6.45, 7) is 0. The summed E-state index contributed by atoms with van der Waals surface area (Å²) < 4.78 is 5.91. The fourth-order valence-corrected chi connectivity index (χ4v) is 3.09. The average molecular weight is 338 g/mol. The predicted octanol–water partition coefficient (Wildman–Crippen LogP) is 4.95. The maximum atomic E-state index is 5.91. The number of para-hydroxylation sites is 2. The highest BCUT2D eigenvalue weighted by molar-refractivity contribution is 5.83. The number of rotatable bonds is 3. The molecule has 0 aliphatic heterocycles. The molecule has 26 heavy (non-hydrogen) atoms. The molecule has 2 heterocycles. The third-order valence-corrected chi connectivity index (χ3v) is 4.31. The predicted molar refractivity (Wildman–Crippen MR) is 100 cm³/mol. The molecule has 0 fully saturated rings. The maximum absolute atomic E-state index is 5.91. The number of nitrogens with one attached hydrogen (secondary N) is 1. The number of fused-ring (bicyclic) bond motifs is 1. The topological polar surface area (TPSA) is 67.6 Å². The van der Waals surface area contributed by atoms with Gasteiger partial charge in [-0.3, -0.25) is 5.10 Å². The van der Waals surface area contributed by atoms with Crippen LogP contribution in [0.3, 0.4) is 0 Å². The molecular weight excluding hydrogens is 324 g/mol. The Morgan fingerprint density at radius 3 is 2.42 bits per heavy atom. The van der Waals surface area contributed by atoms with Gasteiger partial charge in [0.05, 0.1) is 0 Å². The largest absolute Gasteiger partial charge is 0.436 e. The third-order valence-electron chi connectivity index (χ3n) is 4.31. The lowest BCUT2D eigenvalue weighted by atomic mass is 9.97. The van der Waals surface area contributed by atoms with E-state index in [4.69, 9.17) is 4.42 Å². The molecule has 124 valence electrons. The van der Waals surface area contributed by atoms with Crippen molar-refractivity contribution in [2.45, 2.75) is 0 Å². The Balaban J connectivity index is 1.63. The highest BCUT2D eigenvalue weighted by Gasteiger charge is 2.12. The van der Waals surface area contributed by atoms with Gasteiger partial charge in [0, 0.05) is 11.1 Å². The van der Waals surface area contributed by atoms with E-state index in [9.17, 15) is 0 Å². The number of hydrogen-bond donors (Lipinski definition) is 1. The monoisotopic (exact) mass is 338 g/mol. The van der Waals surface area contributed by atoms with E-state index in [0.717, 1.165) is 39.2 Å². The first kappa shape index (κ1) is 14.6. The molecule has 0 spiro atoms. The Morgan fingerprint density at radius 2 is 1.58 bits per heavy atom. The van der Waals surface area contributed by atoms with Crippen LogP contribution in [0.25, 0.3) is 45.1 Å². The van der Waals surface area contributed by atoms with Crippen molar-refractivity contribution < 1.29 is 4.42 Å². The van der Waals surface area contributed by atoms with E-state index in [1.54, 1.807) is 0 Å². The van der Waals surface area contributed by atoms with Gasteiger partial charge in [0.1, 0.15) is 11.8 Å². The molecule has 1 N–H and O–H groups in total. The first-order valence-corrected chi connectivity index (χ1v) is 8.30. The minimum absolute atomic E-state index is 0.616. The van der Waals surface area contributed by atoms with Crippen molar-refractivity contribution >= 4 is 11.1 Å². The van der Waals surface area contributed by atoms with Crippen LogP contribution in [-0.2, 0) is 0 Å². The molecule has 3 aromatic carbocycles. The zero-order chi connectivity index (χ0) is 17.3. The van der Waals surface area contributed by atoms with Crippen molar-refractivity contribution in [2.24, 2.45) is 0 Å². The summed E-state index contributed by atoms with van der Waals surface area (Å²) >= 11 is 0. The van der Waals surface area contributed by atoms with Crippen LogP contribution in [0, 0.1) is 0 Å². The second-order valence-electron chi connectivity index (χ2n) is 5.95. The van der Waals surface area contributed by atoms with E-state index >= 15 is 0 Å². The number of hydrogen-bond acceptors (Lipinski definition) is 4. The Kier molecular flexibility index (Phi) is 3.35. The second kappa shape index (κ2) is 5.97. The lowest BCUT2D eigenvalue weighted by Crippen LogP contribution is -1.88. The highest BCUT2D eigenvalue weighted by Crippen LogP contribution is 2.33. The van der Waals surface area contributed by atoms with Crippen molar-refractivity contribution in [3.63, 3.8) is 0 Å². The van der Waals surface area contributed by atoms with Gasteiger partial charge in [-0.2, -0.15) is 5.10 Å². The Labute approximate surface area is 149 Å². The summed E-state index contributed by atoms with van der Waals surface area (Å²) in [6.07, 6.45) is 1.51. The molecule has 5 nitrogen and oxygen atoms in total. The van der Waals surface area contributed by atoms with E-state index in [1.807, 2.05) is 54.6 Å². The molecule has 5 aromatic rings. The van der Waals surface area contributed by atoms with Gasteiger partial charge >= 0.3 is 0 Å². The van der Waals surface area contributed by atoms with Gasteiger partial charge in [0.2, 0.25) is 5.89 Å². The molecule has 0 radical (unpaired) electrons. The molecule has 0 aliphatic rings. The molecule has 0 unspecified atom stereocenters. The molecule has 0 saturated carbocycles. The van der Waals surface area contributed by atoms with Gasteiger partial charge in [-0.25, -0.2) is 9.97 Å². The highest BCUT2D eigenvalue weighted by atomic mass is 16.3. The SMILES string of the molecule is c1cc(-c2nc3ccccc3o2)cc(-c2ccccc2-c2ncn[nH]2)c1. The fourth-order valence-electron chi connectivity index (χ4n) is 3.09. The summed E-state index contributed by atoms with van der Waals surface area (Å²) in [7, 11) is 0. The summed E-state index contributed by atoms with van der Waals surface area (Å²) in [5.74, 6) is 1.36. The van der Waals surface area contributed by atoms with Crippen LogP contribution in [0.5, 0.6) is 0 Å². The lowest BCUT2D eigenvalue weighted by Gasteiger charge is -2.08. The Hall–Kier alpha value is -3.73. The van der Waals surface area contributed by atoms with Crippen LogP contribution in [0.15, 0.2) is 83.5 Å². The van der Waals surface area contributed by atoms with E-state index in [2.05, 4.69) is 38.4 Å². The molecule has 0 saturated heterocycles. The number of benzene rings is 3. The molecule has 0 bridgehead atoms. The molecule has 0 aliphatic carbocycles. The zero-order valence-electron chi connectivity index (χ0n) is 13.8. The molecule has 2 aromatic heterocycles. The van der Waals surface area contributed by atoms with Gasteiger partial charge < -0.3 is 4.42 Å². The number of nitrogens with zero attached hydrogens (tertiary/aromatic N) is 3. The first-order chi connectivity index (χ1) is 12.9. The molecule has 0 amide bonds. The first-order valence-electron chi connectivity index (χ1n) is 8.30. The van der Waals surface area contributed by atoms with Crippen LogP contribution in [0.4, 0.5) is 0 Å². The fraction of sp³-hybridized carbons (Fsp3) is 0. The van der Waals surface area contributed by atoms with Gasteiger partial charge in [0.25, 0.3) is 0 Å². The van der Waals surface area contributed by atoms with Crippen LogP contribution < -0.4 is 0 Å². The van der Waals surface area contributed by atoms with Crippen molar-refractivity contribution in [3.8, 4) is 34.0 Å². The third kappa shape index (κ3) is 2.46. The summed E-state index contributed by atoms with van der Waals surface area (Å²) in [5, 5.41) is 6.90. The minimum Gasteiger partial charge on any atom is -0.436 e. The number of aromatic nitrogens is 4. The van der Waals surface area contributed by atoms with Crippen LogP contribution in [0.1, 0.15) is 0 Å². The standard InChI is InChI=1S/C21H14N4O/c1-2-9-17(20-22-13-23-25-20)16(8-1)14-6-5-7-15(12-14)21-24-18-10-3-4-11-19(18)26-21/h1-13H,(H,22,23,25). The smallest absolute Gasteiger partial charge is 0.227 e. The van der Waals surface area contributed by atoms with Gasteiger partial charge in [-0.05, 0) is 35.4 Å². The molecule has 5 rings (SSSR count). The van der Waals surface area contributed by atoms with Gasteiger partial charge in [0.15, 0.2) is 11.4 Å². The lowest BCUT2D eigenvalue weighted by molar-refractivity contribution is 0.620. The van der Waals surface area contributed by atoms with Crippen LogP contribution in [-0.4, -0.2) is 20.2 Å². The van der Waals surface area contributed by atoms with Crippen molar-refractivity contribution in [1.29, 1.82) is 0 Å². The van der Waals surface area contributed by atoms with Gasteiger partial charge in [-0.1, -0.05) is 48.5 Å². The van der Waals surface area contributed by atoms with E-state index < -0.39 is 0 Å². The van der Waals surface area contributed by atoms with E-state index in [0.29, 0.717) is 5.89 Å². The van der Waals surface area contributed by atoms with E-state index in [1.165, 1.54) is 6.33 Å². The number of H-pyrrole nitrogens is 1. The van der Waals surface area contributed by atoms with Crippen LogP contribution >= 0.6 is 0 Å². The quantitative estimate of drug-likeness (QED) is 0.505. The number of oxazole rings is 1. The summed E-state index contributed by atoms with van der Waals surface area (Å²) in [6, 6.07) is 24.1. The molecule has 0 atom stereocenters. The minimum atomic E-state index is 0.616. The Morgan fingerprint density at radius 1 is 0.769 bits per heavy atom. The van der Waals surface area contributed by atoms with Crippen LogP contribution in [0.2, 0.25) is 0 Å². The van der Waals surface area contributed by atoms with Gasteiger partial charge in [-0.15, -0.1) is 0 Å². The maximum Gasteiger partial charge on any atom is 0.227 e. The summed E-state index contributed by atoms with van der Waals surface area (Å²) in [4.78, 5) is 8.88. The van der Waals surface area contributed by atoms with E-state index in [-0.39, 0.29) is 0 Å². The van der Waals surface area contributed by atoms with Crippen molar-refractivity contribution in [3.05, 3.63) is 79.1 Å². The average Bonchev–Trinajstić information content (AvgIpc) is 3.38. The number of aromatic amines is 1. The summed E-state index contributed by atoms with van der Waals surface area (Å²) in [5.41, 5.74) is 5.72.